The minimum atomic E-state index is -0.953. The molecule has 0 spiro atoms. The van der Waals surface area contributed by atoms with Crippen molar-refractivity contribution in [1.82, 2.24) is 5.32 Å². The maximum absolute atomic E-state index is 12.3. The van der Waals surface area contributed by atoms with Gasteiger partial charge in [-0.3, -0.25) is 4.79 Å². The Morgan fingerprint density at radius 3 is 2.80 bits per heavy atom. The van der Waals surface area contributed by atoms with Gasteiger partial charge in [-0.1, -0.05) is 6.92 Å². The summed E-state index contributed by atoms with van der Waals surface area (Å²) in [6.07, 6.45) is 2.49. The molecule has 1 amide bonds. The number of aliphatic hydroxyl groups excluding tert-OH is 2. The van der Waals surface area contributed by atoms with Crippen molar-refractivity contribution in [1.29, 1.82) is 0 Å². The Morgan fingerprint density at radius 2 is 2.15 bits per heavy atom. The highest BCUT2D eigenvalue weighted by Crippen LogP contribution is 2.23. The van der Waals surface area contributed by atoms with Crippen molar-refractivity contribution in [3.05, 3.63) is 29.3 Å². The van der Waals surface area contributed by atoms with Crippen molar-refractivity contribution in [2.45, 2.75) is 31.7 Å². The molecule has 5 nitrogen and oxygen atoms in total. The predicted molar refractivity (Wildman–Crippen MR) is 77.9 cm³/mol. The molecule has 1 aliphatic rings. The Kier molecular flexibility index (Phi) is 4.62. The van der Waals surface area contributed by atoms with Gasteiger partial charge in [-0.2, -0.15) is 0 Å². The van der Waals surface area contributed by atoms with Gasteiger partial charge in [0.25, 0.3) is 5.91 Å². The first-order valence-electron chi connectivity index (χ1n) is 7.05. The normalized spacial score (nSPS) is 14.3. The molecule has 1 aromatic carbocycles. The van der Waals surface area contributed by atoms with Crippen molar-refractivity contribution < 1.29 is 15.0 Å². The highest BCUT2D eigenvalue weighted by atomic mass is 16.3. The zero-order valence-electron chi connectivity index (χ0n) is 11.8. The Bertz CT molecular complexity index is 476. The van der Waals surface area contributed by atoms with E-state index in [1.807, 2.05) is 19.1 Å². The second-order valence-electron chi connectivity index (χ2n) is 5.31. The zero-order valence-corrected chi connectivity index (χ0v) is 11.8. The maximum Gasteiger partial charge on any atom is 0.251 e. The molecule has 110 valence electrons. The first-order valence-corrected chi connectivity index (χ1v) is 7.05. The van der Waals surface area contributed by atoms with Gasteiger partial charge < -0.3 is 20.8 Å². The van der Waals surface area contributed by atoms with E-state index in [4.69, 9.17) is 0 Å². The number of hydrogen-bond donors (Lipinski definition) is 4. The van der Waals surface area contributed by atoms with Crippen molar-refractivity contribution in [2.24, 2.45) is 0 Å². The van der Waals surface area contributed by atoms with E-state index in [0.29, 0.717) is 12.0 Å². The Hall–Kier alpha value is -1.59. The van der Waals surface area contributed by atoms with E-state index in [0.717, 1.165) is 30.6 Å². The number of nitrogens with one attached hydrogen (secondary N) is 2. The van der Waals surface area contributed by atoms with Crippen LogP contribution in [-0.2, 0) is 6.42 Å². The molecule has 0 bridgehead atoms. The predicted octanol–water partition coefficient (Wildman–Crippen LogP) is 0.908. The van der Waals surface area contributed by atoms with Gasteiger partial charge in [-0.25, -0.2) is 0 Å². The molecule has 4 N–H and O–H groups in total. The molecular formula is C15H22N2O3. The van der Waals surface area contributed by atoms with Crippen LogP contribution in [0.15, 0.2) is 18.2 Å². The summed E-state index contributed by atoms with van der Waals surface area (Å²) >= 11 is 0. The Morgan fingerprint density at radius 1 is 1.40 bits per heavy atom. The van der Waals surface area contributed by atoms with E-state index in [2.05, 4.69) is 10.6 Å². The number of aliphatic hydroxyl groups is 2. The van der Waals surface area contributed by atoms with Crippen LogP contribution < -0.4 is 10.6 Å². The number of amides is 1. The molecule has 20 heavy (non-hydrogen) atoms. The van der Waals surface area contributed by atoms with Crippen LogP contribution in [-0.4, -0.2) is 41.4 Å². The van der Waals surface area contributed by atoms with Gasteiger partial charge in [0.15, 0.2) is 0 Å². The number of benzene rings is 1. The van der Waals surface area contributed by atoms with Gasteiger partial charge in [0.05, 0.1) is 18.8 Å². The number of hydrogen-bond acceptors (Lipinski definition) is 4. The summed E-state index contributed by atoms with van der Waals surface area (Å²) in [4.78, 5) is 12.3. The summed E-state index contributed by atoms with van der Waals surface area (Å²) in [6.45, 7) is 2.23. The lowest BCUT2D eigenvalue weighted by Gasteiger charge is -2.30. The SMILES string of the molecule is CCC(CO)(CO)NC(=O)c1ccc2c(c1)CCCN2. The molecule has 0 saturated heterocycles. The van der Waals surface area contributed by atoms with Gasteiger partial charge in [0, 0.05) is 17.8 Å². The first kappa shape index (κ1) is 14.8. The van der Waals surface area contributed by atoms with E-state index in [1.54, 1.807) is 6.07 Å². The second kappa shape index (κ2) is 6.24. The minimum absolute atomic E-state index is 0.261. The third-order valence-electron chi connectivity index (χ3n) is 3.97. The van der Waals surface area contributed by atoms with Crippen molar-refractivity contribution in [2.75, 3.05) is 25.1 Å². The van der Waals surface area contributed by atoms with Crippen LogP contribution in [0.3, 0.4) is 0 Å². The zero-order chi connectivity index (χ0) is 14.6. The fraction of sp³-hybridized carbons (Fsp3) is 0.533. The largest absolute Gasteiger partial charge is 0.394 e. The number of carbonyl (C=O) groups is 1. The van der Waals surface area contributed by atoms with Gasteiger partial charge in [0.1, 0.15) is 0 Å². The smallest absolute Gasteiger partial charge is 0.251 e. The van der Waals surface area contributed by atoms with Crippen molar-refractivity contribution in [3.8, 4) is 0 Å². The highest BCUT2D eigenvalue weighted by Gasteiger charge is 2.29. The molecule has 0 fully saturated rings. The average molecular weight is 278 g/mol. The average Bonchev–Trinajstić information content (AvgIpc) is 2.52. The van der Waals surface area contributed by atoms with Crippen LogP contribution in [0.5, 0.6) is 0 Å². The highest BCUT2D eigenvalue weighted by molar-refractivity contribution is 5.95. The molecule has 0 aliphatic carbocycles. The lowest BCUT2D eigenvalue weighted by Crippen LogP contribution is -2.53. The number of fused-ring (bicyclic) bond motifs is 1. The van der Waals surface area contributed by atoms with Crippen LogP contribution in [0.1, 0.15) is 35.7 Å². The molecule has 0 saturated carbocycles. The van der Waals surface area contributed by atoms with Crippen LogP contribution >= 0.6 is 0 Å². The Labute approximate surface area is 119 Å². The summed E-state index contributed by atoms with van der Waals surface area (Å²) < 4.78 is 0. The molecule has 0 atom stereocenters. The minimum Gasteiger partial charge on any atom is -0.394 e. The monoisotopic (exact) mass is 278 g/mol. The molecule has 0 aromatic heterocycles. The second-order valence-corrected chi connectivity index (χ2v) is 5.31. The molecule has 5 heteroatoms. The van der Waals surface area contributed by atoms with E-state index in [1.165, 1.54) is 0 Å². The van der Waals surface area contributed by atoms with E-state index in [-0.39, 0.29) is 19.1 Å². The van der Waals surface area contributed by atoms with Crippen molar-refractivity contribution >= 4 is 11.6 Å². The summed E-state index contributed by atoms with van der Waals surface area (Å²) in [5.74, 6) is -0.261. The number of carbonyl (C=O) groups excluding carboxylic acids is 1. The van der Waals surface area contributed by atoms with E-state index >= 15 is 0 Å². The first-order chi connectivity index (χ1) is 9.64. The van der Waals surface area contributed by atoms with Gasteiger partial charge in [-0.05, 0) is 43.0 Å². The molecule has 1 heterocycles. The number of aryl methyl sites for hydroxylation is 1. The standard InChI is InChI=1S/C15H22N2O3/c1-2-15(9-18,10-19)17-14(20)12-5-6-13-11(8-12)4-3-7-16-13/h5-6,8,16,18-19H,2-4,7,9-10H2,1H3,(H,17,20). The van der Waals surface area contributed by atoms with Crippen LogP contribution in [0.25, 0.3) is 0 Å². The van der Waals surface area contributed by atoms with Crippen molar-refractivity contribution in [3.63, 3.8) is 0 Å². The summed E-state index contributed by atoms with van der Waals surface area (Å²) in [6, 6.07) is 5.56. The fourth-order valence-electron chi connectivity index (χ4n) is 2.37. The summed E-state index contributed by atoms with van der Waals surface area (Å²) in [7, 11) is 0. The van der Waals surface area contributed by atoms with E-state index < -0.39 is 5.54 Å². The van der Waals surface area contributed by atoms with Gasteiger partial charge in [-0.15, -0.1) is 0 Å². The molecule has 1 aliphatic heterocycles. The van der Waals surface area contributed by atoms with Gasteiger partial charge >= 0.3 is 0 Å². The molecule has 1 aromatic rings. The third-order valence-corrected chi connectivity index (χ3v) is 3.97. The summed E-state index contributed by atoms with van der Waals surface area (Å²) in [5.41, 5.74) is 1.83. The number of anilines is 1. The van der Waals surface area contributed by atoms with Crippen LogP contribution in [0, 0.1) is 0 Å². The van der Waals surface area contributed by atoms with Crippen LogP contribution in [0.2, 0.25) is 0 Å². The van der Waals surface area contributed by atoms with Crippen LogP contribution in [0.4, 0.5) is 5.69 Å². The summed E-state index contributed by atoms with van der Waals surface area (Å²) in [5, 5.41) is 24.8. The quantitative estimate of drug-likeness (QED) is 0.645. The molecule has 2 rings (SSSR count). The molecule has 0 unspecified atom stereocenters. The Balaban J connectivity index is 2.17. The van der Waals surface area contributed by atoms with E-state index in [9.17, 15) is 15.0 Å². The third kappa shape index (κ3) is 2.94. The molecular weight excluding hydrogens is 256 g/mol. The fourth-order valence-corrected chi connectivity index (χ4v) is 2.37. The topological polar surface area (TPSA) is 81.6 Å². The molecule has 0 radical (unpaired) electrons. The lowest BCUT2D eigenvalue weighted by molar-refractivity contribution is 0.0653. The number of rotatable bonds is 5. The maximum atomic E-state index is 12.3. The lowest BCUT2D eigenvalue weighted by atomic mass is 9.96. The van der Waals surface area contributed by atoms with Gasteiger partial charge in [0.2, 0.25) is 0 Å².